The molecule has 0 fully saturated rings. The van der Waals surface area contributed by atoms with E-state index in [9.17, 15) is 10.1 Å². The Labute approximate surface area is 176 Å². The van der Waals surface area contributed by atoms with E-state index in [0.717, 1.165) is 22.4 Å². The predicted molar refractivity (Wildman–Crippen MR) is 115 cm³/mol. The summed E-state index contributed by atoms with van der Waals surface area (Å²) in [4.78, 5) is 12.3. The molecule has 0 amide bonds. The number of nitriles is 1. The van der Waals surface area contributed by atoms with Crippen LogP contribution < -0.4 is 0 Å². The lowest BCUT2D eigenvalue weighted by atomic mass is 10.00. The Morgan fingerprint density at radius 2 is 1.93 bits per heavy atom. The third-order valence-corrected chi connectivity index (χ3v) is 4.56. The Hall–Kier alpha value is -3.69. The second kappa shape index (κ2) is 9.68. The molecule has 0 saturated heterocycles. The van der Waals surface area contributed by atoms with Gasteiger partial charge < -0.3 is 9.47 Å². The fourth-order valence-corrected chi connectivity index (χ4v) is 3.08. The van der Waals surface area contributed by atoms with Gasteiger partial charge in [-0.25, -0.2) is 9.48 Å². The first-order chi connectivity index (χ1) is 14.5. The number of aromatic nitrogens is 2. The number of aryl methyl sites for hydroxylation is 2. The lowest BCUT2D eigenvalue weighted by Crippen LogP contribution is -2.11. The molecule has 3 aromatic rings. The van der Waals surface area contributed by atoms with Crippen molar-refractivity contribution in [1.82, 2.24) is 9.78 Å². The van der Waals surface area contributed by atoms with Crippen LogP contribution in [0.5, 0.6) is 0 Å². The topological polar surface area (TPSA) is 77.1 Å². The lowest BCUT2D eigenvalue weighted by Gasteiger charge is -2.06. The van der Waals surface area contributed by atoms with Crippen LogP contribution in [-0.4, -0.2) is 36.1 Å². The molecule has 0 bridgehead atoms. The van der Waals surface area contributed by atoms with Gasteiger partial charge in [-0.1, -0.05) is 42.0 Å². The quantitative estimate of drug-likeness (QED) is 0.256. The Morgan fingerprint density at radius 3 is 2.60 bits per heavy atom. The first-order valence-electron chi connectivity index (χ1n) is 9.54. The third kappa shape index (κ3) is 4.83. The number of nitrogens with zero attached hydrogens (tertiary/aromatic N) is 3. The number of hydrogen-bond acceptors (Lipinski definition) is 5. The van der Waals surface area contributed by atoms with Crippen LogP contribution in [0.4, 0.5) is 0 Å². The second-order valence-corrected chi connectivity index (χ2v) is 6.83. The van der Waals surface area contributed by atoms with Gasteiger partial charge in [-0.05, 0) is 37.6 Å². The van der Waals surface area contributed by atoms with Crippen LogP contribution in [-0.2, 0) is 14.3 Å². The van der Waals surface area contributed by atoms with Gasteiger partial charge >= 0.3 is 5.97 Å². The van der Waals surface area contributed by atoms with Crippen molar-refractivity contribution in [3.63, 3.8) is 0 Å². The van der Waals surface area contributed by atoms with E-state index in [1.807, 2.05) is 68.6 Å². The Kier molecular flexibility index (Phi) is 6.79. The number of benzene rings is 2. The maximum absolute atomic E-state index is 12.3. The van der Waals surface area contributed by atoms with Crippen LogP contribution in [0.1, 0.15) is 16.7 Å². The number of esters is 1. The van der Waals surface area contributed by atoms with Crippen LogP contribution in [0.2, 0.25) is 0 Å². The molecule has 0 spiro atoms. The Bertz CT molecular complexity index is 1110. The minimum atomic E-state index is -0.686. The van der Waals surface area contributed by atoms with Gasteiger partial charge in [0.15, 0.2) is 0 Å². The van der Waals surface area contributed by atoms with Gasteiger partial charge in [0.2, 0.25) is 0 Å². The van der Waals surface area contributed by atoms with Gasteiger partial charge in [0.1, 0.15) is 23.9 Å². The van der Waals surface area contributed by atoms with E-state index in [1.54, 1.807) is 4.68 Å². The second-order valence-electron chi connectivity index (χ2n) is 6.83. The Balaban J connectivity index is 2.08. The summed E-state index contributed by atoms with van der Waals surface area (Å²) < 4.78 is 11.7. The molecule has 0 N–H and O–H groups in total. The van der Waals surface area contributed by atoms with Crippen LogP contribution >= 0.6 is 0 Å². The Morgan fingerprint density at radius 1 is 1.17 bits per heavy atom. The van der Waals surface area contributed by atoms with Gasteiger partial charge in [-0.15, -0.1) is 0 Å². The van der Waals surface area contributed by atoms with Crippen LogP contribution in [0.15, 0.2) is 60.3 Å². The predicted octanol–water partition coefficient (Wildman–Crippen LogP) is 4.25. The van der Waals surface area contributed by atoms with Gasteiger partial charge in [0.05, 0.1) is 12.3 Å². The smallest absolute Gasteiger partial charge is 0.348 e. The fraction of sp³-hybridized carbons (Fsp3) is 0.208. The zero-order valence-corrected chi connectivity index (χ0v) is 17.3. The summed E-state index contributed by atoms with van der Waals surface area (Å²) in [5, 5.41) is 14.3. The molecule has 152 valence electrons. The molecule has 0 saturated carbocycles. The van der Waals surface area contributed by atoms with Crippen molar-refractivity contribution in [3.05, 3.63) is 77.0 Å². The van der Waals surface area contributed by atoms with Crippen LogP contribution in [0.3, 0.4) is 0 Å². The molecule has 0 radical (unpaired) electrons. The number of carbonyl (C=O) groups is 1. The zero-order valence-electron chi connectivity index (χ0n) is 17.3. The van der Waals surface area contributed by atoms with Gasteiger partial charge in [-0.2, -0.15) is 10.4 Å². The van der Waals surface area contributed by atoms with Gasteiger partial charge in [0, 0.05) is 24.4 Å². The van der Waals surface area contributed by atoms with Crippen molar-refractivity contribution in [2.45, 2.75) is 13.8 Å². The SMILES string of the molecule is COCCOC(=O)/C(C#N)=C/c1cn(-c2ccccc2)nc1-c1ccc(C)cc1C. The first kappa shape index (κ1) is 21.0. The highest BCUT2D eigenvalue weighted by atomic mass is 16.6. The monoisotopic (exact) mass is 401 g/mol. The molecule has 6 nitrogen and oxygen atoms in total. The highest BCUT2D eigenvalue weighted by Crippen LogP contribution is 2.29. The van der Waals surface area contributed by atoms with Crippen molar-refractivity contribution >= 4 is 12.0 Å². The number of ether oxygens (including phenoxy) is 2. The minimum absolute atomic E-state index is 0.0849. The number of hydrogen-bond donors (Lipinski definition) is 0. The molecule has 0 aliphatic heterocycles. The average Bonchev–Trinajstić information content (AvgIpc) is 3.16. The standard InChI is InChI=1S/C24H23N3O3/c1-17-9-10-22(18(2)13-17)23-20(14-19(15-25)24(28)30-12-11-29-3)16-27(26-23)21-7-5-4-6-8-21/h4-10,13-14,16H,11-12H2,1-3H3/b19-14+. The number of para-hydroxylation sites is 1. The van der Waals surface area contributed by atoms with Crippen molar-refractivity contribution in [1.29, 1.82) is 5.26 Å². The molecular weight excluding hydrogens is 378 g/mol. The largest absolute Gasteiger partial charge is 0.459 e. The molecule has 3 rings (SSSR count). The molecule has 30 heavy (non-hydrogen) atoms. The molecular formula is C24H23N3O3. The highest BCUT2D eigenvalue weighted by molar-refractivity contribution is 5.98. The molecule has 1 heterocycles. The number of methoxy groups -OCH3 is 1. The van der Waals surface area contributed by atoms with Crippen LogP contribution in [0, 0.1) is 25.2 Å². The summed E-state index contributed by atoms with van der Waals surface area (Å²) in [6.07, 6.45) is 3.33. The van der Waals surface area contributed by atoms with E-state index >= 15 is 0 Å². The first-order valence-corrected chi connectivity index (χ1v) is 9.54. The number of carbonyl (C=O) groups excluding carboxylic acids is 1. The molecule has 0 aliphatic carbocycles. The van der Waals surface area contributed by atoms with E-state index in [4.69, 9.17) is 14.6 Å². The maximum Gasteiger partial charge on any atom is 0.348 e. The van der Waals surface area contributed by atoms with Crippen molar-refractivity contribution in [2.24, 2.45) is 0 Å². The average molecular weight is 401 g/mol. The minimum Gasteiger partial charge on any atom is -0.459 e. The summed E-state index contributed by atoms with van der Waals surface area (Å²) in [6, 6.07) is 17.7. The van der Waals surface area contributed by atoms with E-state index < -0.39 is 5.97 Å². The summed E-state index contributed by atoms with van der Waals surface area (Å²) in [5.41, 5.74) is 5.28. The highest BCUT2D eigenvalue weighted by Gasteiger charge is 2.17. The zero-order chi connectivity index (χ0) is 21.5. The number of rotatable bonds is 7. The molecule has 6 heteroatoms. The summed E-state index contributed by atoms with van der Waals surface area (Å²) in [5.74, 6) is -0.686. The van der Waals surface area contributed by atoms with E-state index in [-0.39, 0.29) is 18.8 Å². The van der Waals surface area contributed by atoms with E-state index in [1.165, 1.54) is 13.2 Å². The van der Waals surface area contributed by atoms with Crippen molar-refractivity contribution < 1.29 is 14.3 Å². The molecule has 1 aromatic heterocycles. The maximum atomic E-state index is 12.3. The summed E-state index contributed by atoms with van der Waals surface area (Å²) in [6.45, 7) is 4.40. The van der Waals surface area contributed by atoms with Crippen LogP contribution in [0.25, 0.3) is 23.0 Å². The van der Waals surface area contributed by atoms with Gasteiger partial charge in [-0.3, -0.25) is 0 Å². The van der Waals surface area contributed by atoms with Crippen molar-refractivity contribution in [2.75, 3.05) is 20.3 Å². The summed E-state index contributed by atoms with van der Waals surface area (Å²) >= 11 is 0. The van der Waals surface area contributed by atoms with E-state index in [2.05, 4.69) is 6.07 Å². The van der Waals surface area contributed by atoms with E-state index in [0.29, 0.717) is 11.3 Å². The third-order valence-electron chi connectivity index (χ3n) is 4.56. The molecule has 2 aromatic carbocycles. The molecule has 0 aliphatic rings. The lowest BCUT2D eigenvalue weighted by molar-refractivity contribution is -0.139. The summed E-state index contributed by atoms with van der Waals surface area (Å²) in [7, 11) is 1.52. The van der Waals surface area contributed by atoms with Crippen molar-refractivity contribution in [3.8, 4) is 23.0 Å². The molecule has 0 unspecified atom stereocenters. The fourth-order valence-electron chi connectivity index (χ4n) is 3.08. The normalized spacial score (nSPS) is 11.2. The molecule has 0 atom stereocenters. The van der Waals surface area contributed by atoms with Gasteiger partial charge in [0.25, 0.3) is 0 Å².